The summed E-state index contributed by atoms with van der Waals surface area (Å²) in [5.74, 6) is -10.8. The van der Waals surface area contributed by atoms with Gasteiger partial charge < -0.3 is 164 Å². The van der Waals surface area contributed by atoms with Crippen molar-refractivity contribution >= 4 is 59.1 Å². The number of aliphatic carboxylic acids is 4. The van der Waals surface area contributed by atoms with E-state index in [-0.39, 0.29) is 192 Å². The quantitative estimate of drug-likeness (QED) is 0.0323. The van der Waals surface area contributed by atoms with E-state index in [4.69, 9.17) is 81.3 Å². The van der Waals surface area contributed by atoms with Crippen LogP contribution in [0.15, 0.2) is 12.4 Å². The summed E-state index contributed by atoms with van der Waals surface area (Å²) in [6.07, 6.45) is -24.8. The molecule has 0 aromatic carbocycles. The SMILES string of the molecule is CC[C@@H]1CC(C(=O)CCCNC(=O)CCC(=O)O)C[C@@H](O[C@@H]2O[C@@H](CO)[C@H](O)C(O[C@@H](CC3CCCCC3)C(=O)O)C2NC(=O)Cn2cc(COCCOCCOCCOCCOCc3cn(CC(=O)NC4C(O[C@@H](CC5CCCCC5)C(=O)O)[C@@H](O)[C@H](CO)O[C@H]4O[C@@H]4CC(C(=O)CCCNC(=O)CCC(=O)O)C[C@@H](CC)C4O[C@@H]4OC(C)[C@@H](O)[C@H](O)C4O)nn3)nn2)C1O[C@@H]1OC(C)[C@@H](O)[C@H](O)C1O. The van der Waals surface area contributed by atoms with Crippen molar-refractivity contribution in [3.8, 4) is 0 Å². The van der Waals surface area contributed by atoms with E-state index in [1.807, 2.05) is 13.8 Å². The number of nitrogens with one attached hydrogen (secondary N) is 4. The number of carboxylic acids is 4. The fourth-order valence-corrected chi connectivity index (χ4v) is 19.6. The zero-order valence-electron chi connectivity index (χ0n) is 80.5. The number of aliphatic hydroxyl groups is 10. The Morgan fingerprint density at radius 1 is 0.418 bits per heavy atom. The second-order valence-electron chi connectivity index (χ2n) is 37.9. The van der Waals surface area contributed by atoms with Gasteiger partial charge in [-0.25, -0.2) is 19.0 Å². The summed E-state index contributed by atoms with van der Waals surface area (Å²) in [5.41, 5.74) is 0.617. The second kappa shape index (κ2) is 58.7. The fraction of sp³-hybridized carbons (Fsp3) is 0.848. The van der Waals surface area contributed by atoms with E-state index in [0.29, 0.717) is 24.2 Å². The van der Waals surface area contributed by atoms with Gasteiger partial charge in [-0.3, -0.25) is 38.4 Å². The van der Waals surface area contributed by atoms with Crippen LogP contribution in [0.2, 0.25) is 0 Å². The summed E-state index contributed by atoms with van der Waals surface area (Å²) in [5, 5.41) is 178. The molecular formula is C92H148N10O39. The van der Waals surface area contributed by atoms with Crippen molar-refractivity contribution in [2.24, 2.45) is 35.5 Å². The Morgan fingerprint density at radius 2 is 0.780 bits per heavy atom. The van der Waals surface area contributed by atoms with Crippen LogP contribution < -0.4 is 21.3 Å². The minimum atomic E-state index is -1.78. The van der Waals surface area contributed by atoms with Gasteiger partial charge in [0.15, 0.2) is 37.4 Å². The number of hydrogen-bond donors (Lipinski definition) is 18. The molecule has 18 N–H and O–H groups in total. The third-order valence-electron chi connectivity index (χ3n) is 27.5. The molecule has 0 spiro atoms. The molecule has 4 saturated carbocycles. The maximum atomic E-state index is 14.5. The Hall–Kier alpha value is -7.62. The van der Waals surface area contributed by atoms with E-state index in [1.54, 1.807) is 0 Å². The Kier molecular flexibility index (Phi) is 48.0. The highest BCUT2D eigenvalue weighted by Crippen LogP contribution is 2.44. The summed E-state index contributed by atoms with van der Waals surface area (Å²) >= 11 is 0. The molecule has 49 heteroatoms. The van der Waals surface area contributed by atoms with Crippen LogP contribution in [0.25, 0.3) is 0 Å². The molecule has 2 aromatic heterocycles. The summed E-state index contributed by atoms with van der Waals surface area (Å²) in [6.45, 7) is 5.13. The monoisotopic (exact) mass is 2020 g/mol. The van der Waals surface area contributed by atoms with Crippen LogP contribution in [0.4, 0.5) is 0 Å². The van der Waals surface area contributed by atoms with Crippen molar-refractivity contribution in [3.05, 3.63) is 23.8 Å². The lowest BCUT2D eigenvalue weighted by molar-refractivity contribution is -0.338. The first-order valence-electron chi connectivity index (χ1n) is 49.6. The lowest BCUT2D eigenvalue weighted by Crippen LogP contribution is -2.67. The van der Waals surface area contributed by atoms with Gasteiger partial charge >= 0.3 is 23.9 Å². The van der Waals surface area contributed by atoms with Crippen LogP contribution in [-0.2, 0) is 145 Å². The average molecular weight is 2020 g/mol. The number of ketones is 2. The van der Waals surface area contributed by atoms with Gasteiger partial charge in [-0.05, 0) is 88.9 Å². The first-order valence-corrected chi connectivity index (χ1v) is 49.6. The fourth-order valence-electron chi connectivity index (χ4n) is 19.6. The molecule has 10 rings (SSSR count). The topological polar surface area (TPSA) is 702 Å². The van der Waals surface area contributed by atoms with E-state index >= 15 is 0 Å². The van der Waals surface area contributed by atoms with E-state index in [9.17, 15) is 109 Å². The summed E-state index contributed by atoms with van der Waals surface area (Å²) in [6, 6.07) is -3.14. The number of Topliss-reactive ketones (excluding diaryl/α,β-unsaturated/α-hetero) is 2. The number of aliphatic hydroxyl groups excluding tert-OH is 10. The average Bonchev–Trinajstić information content (AvgIpc) is 1.04. The van der Waals surface area contributed by atoms with Crippen molar-refractivity contribution in [3.63, 3.8) is 0 Å². The molecule has 141 heavy (non-hydrogen) atoms. The first kappa shape index (κ1) is 115. The van der Waals surface area contributed by atoms with E-state index in [0.717, 1.165) is 64.2 Å². The highest BCUT2D eigenvalue weighted by molar-refractivity contribution is 5.83. The molecule has 6 heterocycles. The number of nitrogens with zero attached hydrogens (tertiary/aromatic N) is 6. The van der Waals surface area contributed by atoms with Crippen LogP contribution >= 0.6 is 0 Å². The molecule has 30 atom stereocenters. The Morgan fingerprint density at radius 3 is 1.12 bits per heavy atom. The minimum absolute atomic E-state index is 0.0253. The van der Waals surface area contributed by atoms with Gasteiger partial charge in [0.1, 0.15) is 121 Å². The van der Waals surface area contributed by atoms with Crippen LogP contribution in [0, 0.1) is 35.5 Å². The maximum absolute atomic E-state index is 14.5. The zero-order chi connectivity index (χ0) is 102. The third kappa shape index (κ3) is 35.3. The summed E-state index contributed by atoms with van der Waals surface area (Å²) in [4.78, 5) is 130. The molecule has 800 valence electrons. The van der Waals surface area contributed by atoms with E-state index in [1.165, 1.54) is 35.6 Å². The number of ether oxygens (including phenoxy) is 15. The largest absolute Gasteiger partial charge is 0.481 e. The van der Waals surface area contributed by atoms with Crippen LogP contribution in [0.5, 0.6) is 0 Å². The molecule has 4 aliphatic carbocycles. The second-order valence-corrected chi connectivity index (χ2v) is 37.9. The molecule has 49 nitrogen and oxygen atoms in total. The zero-order valence-corrected chi connectivity index (χ0v) is 80.5. The first-order chi connectivity index (χ1) is 67.6. The molecule has 0 radical (unpaired) electrons. The van der Waals surface area contributed by atoms with Gasteiger partial charge in [0.25, 0.3) is 0 Å². The van der Waals surface area contributed by atoms with Gasteiger partial charge in [-0.1, -0.05) is 101 Å². The number of carbonyl (C=O) groups is 10. The molecule has 2 aromatic rings. The van der Waals surface area contributed by atoms with Crippen molar-refractivity contribution in [1.82, 2.24) is 51.3 Å². The minimum Gasteiger partial charge on any atom is -0.481 e. The van der Waals surface area contributed by atoms with Crippen molar-refractivity contribution < 1.29 is 190 Å². The summed E-state index contributed by atoms with van der Waals surface area (Å²) < 4.78 is 94.8. The molecule has 4 aliphatic heterocycles. The number of carbonyl (C=O) groups excluding carboxylic acids is 6. The highest BCUT2D eigenvalue weighted by Gasteiger charge is 2.57. The number of aromatic nitrogens is 6. The normalized spacial score (nSPS) is 32.2. The molecule has 4 amide bonds. The number of rotatable bonds is 60. The third-order valence-corrected chi connectivity index (χ3v) is 27.5. The molecule has 8 fully saturated rings. The standard InChI is InChI=1S/C92H148N10O39/c1-5-53-37-55(59(105)19-13-25-93-67(107)21-23-71(111)112)39-61(83(53)140-91-81(121)79(119)75(115)49(3)132-91)136-89-73(85(77(117)65(45-103)138-89)134-63(87(123)124)35-51-15-9-7-10-16-51)95-69(109)43-101-41-57(97-99-101)47-130-33-31-128-29-27-127-28-30-129-32-34-131-48-58-42-102(100-98-58)44-70(110)96-74-86(135-64(88(125)126)36-52-17-11-8-12-18-52)78(118)66(46-104)139-90(74)137-62-40-56(60(106)20-14-26-94-68(108)22-24-72(113)114)38-54(6-2)84(62)141-92-82(122)80(120)76(116)50(4)133-92/h41-42,49-56,61-66,73-86,89-92,103-104,115-122H,5-40,43-48H2,1-4H3,(H,93,107)(H,94,108)(H,95,109)(H,96,110)(H,111,112)(H,113,114)(H,123,124)(H,125,126)/t49?,50?,53-,54-,55?,56?,61-,62-,63+,64+,65+,66+,73?,74?,75-,76-,77+,78+,79+,80+,81?,82?,83?,84?,85?,86?,89-,90-,91+,92+/m1/s1. The Bertz CT molecular complexity index is 3910. The summed E-state index contributed by atoms with van der Waals surface area (Å²) in [7, 11) is 0. The van der Waals surface area contributed by atoms with Gasteiger partial charge in [0.2, 0.25) is 23.6 Å². The van der Waals surface area contributed by atoms with Gasteiger partial charge in [-0.2, -0.15) is 0 Å². The van der Waals surface area contributed by atoms with Gasteiger partial charge in [-0.15, -0.1) is 10.2 Å². The molecule has 8 aliphatic rings. The van der Waals surface area contributed by atoms with E-state index < -0.39 is 257 Å². The Labute approximate surface area is 816 Å². The van der Waals surface area contributed by atoms with Gasteiger partial charge in [0, 0.05) is 50.6 Å². The molecular weight excluding hydrogens is 1870 g/mol. The lowest BCUT2D eigenvalue weighted by Gasteiger charge is -2.49. The van der Waals surface area contributed by atoms with Crippen LogP contribution in [0.3, 0.4) is 0 Å². The molecule has 4 saturated heterocycles. The van der Waals surface area contributed by atoms with Crippen molar-refractivity contribution in [2.45, 2.75) is 380 Å². The van der Waals surface area contributed by atoms with Crippen molar-refractivity contribution in [1.29, 1.82) is 0 Å². The van der Waals surface area contributed by atoms with Crippen molar-refractivity contribution in [2.75, 3.05) is 79.2 Å². The highest BCUT2D eigenvalue weighted by atomic mass is 16.8. The predicted molar refractivity (Wildman–Crippen MR) is 480 cm³/mol. The smallest absolute Gasteiger partial charge is 0.332 e. The maximum Gasteiger partial charge on any atom is 0.332 e. The Balaban J connectivity index is 0.691. The van der Waals surface area contributed by atoms with Gasteiger partial charge in [0.05, 0.1) is 141 Å². The number of hydrogen-bond acceptors (Lipinski definition) is 39. The lowest BCUT2D eigenvalue weighted by atomic mass is 9.74. The van der Waals surface area contributed by atoms with Crippen LogP contribution in [-0.4, -0.2) is 399 Å². The van der Waals surface area contributed by atoms with Crippen LogP contribution in [0.1, 0.15) is 206 Å². The molecule has 0 bridgehead atoms. The predicted octanol–water partition coefficient (Wildman–Crippen LogP) is -1.88. The number of carboxylic acid groups (broad SMARTS) is 4. The van der Waals surface area contributed by atoms with E-state index in [2.05, 4.69) is 41.9 Å². The molecule has 12 unspecified atom stereocenters. The number of amides is 4.